The molecule has 0 aromatic carbocycles. The number of hydrogen-bond acceptors (Lipinski definition) is 4. The molecular formula is C13H18N2O4S. The average Bonchev–Trinajstić information content (AvgIpc) is 2.92. The molecule has 0 bridgehead atoms. The van der Waals surface area contributed by atoms with Crippen molar-refractivity contribution in [1.82, 2.24) is 10.6 Å². The first-order chi connectivity index (χ1) is 9.39. The normalized spacial score (nSPS) is 13.3. The van der Waals surface area contributed by atoms with Crippen LogP contribution in [0.3, 0.4) is 0 Å². The number of rotatable bonds is 7. The summed E-state index contributed by atoms with van der Waals surface area (Å²) in [6, 6.07) is 1.69. The van der Waals surface area contributed by atoms with E-state index in [0.717, 1.165) is 0 Å². The third kappa shape index (κ3) is 4.34. The molecule has 0 spiro atoms. The predicted octanol–water partition coefficient (Wildman–Crippen LogP) is 1.24. The molecule has 3 N–H and O–H groups in total. The van der Waals surface area contributed by atoms with Gasteiger partial charge in [-0.15, -0.1) is 0 Å². The van der Waals surface area contributed by atoms with Crippen LogP contribution in [0.4, 0.5) is 0 Å². The standard InChI is InChI=1S/C13H18N2O4S/c1-3-13(2,12(18)19)15-10(16)4-6-14-11(17)9-5-7-20-8-9/h5,7-8H,3-4,6H2,1-2H3,(H,14,17)(H,15,16)(H,18,19). The second kappa shape index (κ2) is 7.04. The third-order valence-corrected chi connectivity index (χ3v) is 3.70. The number of nitrogens with one attached hydrogen (secondary N) is 2. The number of carbonyl (C=O) groups excluding carboxylic acids is 2. The van der Waals surface area contributed by atoms with Crippen molar-refractivity contribution in [3.8, 4) is 0 Å². The number of aliphatic carboxylic acids is 1. The summed E-state index contributed by atoms with van der Waals surface area (Å²) in [5, 5.41) is 17.6. The number of thiophene rings is 1. The van der Waals surface area contributed by atoms with Gasteiger partial charge in [0.2, 0.25) is 5.91 Å². The highest BCUT2D eigenvalue weighted by atomic mass is 32.1. The molecule has 0 aliphatic carbocycles. The van der Waals surface area contributed by atoms with Gasteiger partial charge in [0.1, 0.15) is 5.54 Å². The van der Waals surface area contributed by atoms with E-state index in [1.165, 1.54) is 18.3 Å². The smallest absolute Gasteiger partial charge is 0.329 e. The molecule has 6 nitrogen and oxygen atoms in total. The Morgan fingerprint density at radius 1 is 1.40 bits per heavy atom. The maximum atomic E-state index is 11.7. The number of amides is 2. The summed E-state index contributed by atoms with van der Waals surface area (Å²) < 4.78 is 0. The van der Waals surface area contributed by atoms with Gasteiger partial charge in [0.05, 0.1) is 0 Å². The van der Waals surface area contributed by atoms with Crippen molar-refractivity contribution in [2.45, 2.75) is 32.2 Å². The second-order valence-corrected chi connectivity index (χ2v) is 5.34. The Hall–Kier alpha value is -1.89. The Labute approximate surface area is 121 Å². The molecular weight excluding hydrogens is 280 g/mol. The van der Waals surface area contributed by atoms with Crippen molar-refractivity contribution in [2.24, 2.45) is 0 Å². The van der Waals surface area contributed by atoms with Crippen LogP contribution in [0.5, 0.6) is 0 Å². The lowest BCUT2D eigenvalue weighted by Gasteiger charge is -2.24. The van der Waals surface area contributed by atoms with E-state index in [0.29, 0.717) is 5.56 Å². The van der Waals surface area contributed by atoms with Crippen LogP contribution in [-0.2, 0) is 9.59 Å². The summed E-state index contributed by atoms with van der Waals surface area (Å²) in [5.41, 5.74) is -0.714. The average molecular weight is 298 g/mol. The Morgan fingerprint density at radius 2 is 2.10 bits per heavy atom. The zero-order chi connectivity index (χ0) is 15.2. The number of hydrogen-bond donors (Lipinski definition) is 3. The van der Waals surface area contributed by atoms with Crippen LogP contribution in [0.1, 0.15) is 37.0 Å². The molecule has 0 fully saturated rings. The van der Waals surface area contributed by atoms with E-state index in [2.05, 4.69) is 10.6 Å². The zero-order valence-corrected chi connectivity index (χ0v) is 12.3. The number of carboxylic acids is 1. The van der Waals surface area contributed by atoms with Crippen LogP contribution >= 0.6 is 11.3 Å². The summed E-state index contributed by atoms with van der Waals surface area (Å²) in [6.45, 7) is 3.31. The fourth-order valence-corrected chi connectivity index (χ4v) is 2.08. The van der Waals surface area contributed by atoms with Gasteiger partial charge in [-0.3, -0.25) is 9.59 Å². The highest BCUT2D eigenvalue weighted by Crippen LogP contribution is 2.09. The van der Waals surface area contributed by atoms with Gasteiger partial charge in [0, 0.05) is 23.9 Å². The van der Waals surface area contributed by atoms with E-state index in [1.807, 2.05) is 0 Å². The van der Waals surface area contributed by atoms with Gasteiger partial charge in [0.15, 0.2) is 0 Å². The van der Waals surface area contributed by atoms with Gasteiger partial charge < -0.3 is 15.7 Å². The minimum Gasteiger partial charge on any atom is -0.480 e. The Balaban J connectivity index is 2.37. The monoisotopic (exact) mass is 298 g/mol. The first-order valence-corrected chi connectivity index (χ1v) is 7.18. The lowest BCUT2D eigenvalue weighted by atomic mass is 9.99. The number of carboxylic acid groups (broad SMARTS) is 1. The molecule has 1 aromatic heterocycles. The molecule has 0 aliphatic rings. The van der Waals surface area contributed by atoms with Crippen LogP contribution in [0.2, 0.25) is 0 Å². The van der Waals surface area contributed by atoms with Crippen molar-refractivity contribution in [2.75, 3.05) is 6.54 Å². The molecule has 2 amide bonds. The summed E-state index contributed by atoms with van der Waals surface area (Å²) in [7, 11) is 0. The molecule has 0 saturated carbocycles. The first kappa shape index (κ1) is 16.2. The Bertz CT molecular complexity index is 487. The van der Waals surface area contributed by atoms with Crippen molar-refractivity contribution in [3.63, 3.8) is 0 Å². The van der Waals surface area contributed by atoms with E-state index < -0.39 is 17.4 Å². The fourth-order valence-electron chi connectivity index (χ4n) is 1.45. The molecule has 0 saturated heterocycles. The van der Waals surface area contributed by atoms with Crippen LogP contribution in [-0.4, -0.2) is 35.0 Å². The van der Waals surface area contributed by atoms with Crippen LogP contribution in [0.25, 0.3) is 0 Å². The molecule has 110 valence electrons. The van der Waals surface area contributed by atoms with Crippen molar-refractivity contribution in [1.29, 1.82) is 0 Å². The maximum Gasteiger partial charge on any atom is 0.329 e. The summed E-state index contributed by atoms with van der Waals surface area (Å²) in [6.07, 6.45) is 0.327. The van der Waals surface area contributed by atoms with E-state index in [1.54, 1.807) is 23.8 Å². The first-order valence-electron chi connectivity index (χ1n) is 6.24. The van der Waals surface area contributed by atoms with Gasteiger partial charge in [-0.1, -0.05) is 6.92 Å². The van der Waals surface area contributed by atoms with Crippen LogP contribution in [0, 0.1) is 0 Å². The molecule has 1 aromatic rings. The van der Waals surface area contributed by atoms with Crippen molar-refractivity contribution in [3.05, 3.63) is 22.4 Å². The van der Waals surface area contributed by atoms with Gasteiger partial charge in [-0.05, 0) is 24.8 Å². The molecule has 20 heavy (non-hydrogen) atoms. The second-order valence-electron chi connectivity index (χ2n) is 4.56. The topological polar surface area (TPSA) is 95.5 Å². The molecule has 1 heterocycles. The Kier molecular flexibility index (Phi) is 5.69. The van der Waals surface area contributed by atoms with Gasteiger partial charge in [0.25, 0.3) is 5.91 Å². The van der Waals surface area contributed by atoms with Gasteiger partial charge in [-0.2, -0.15) is 11.3 Å². The van der Waals surface area contributed by atoms with Crippen LogP contribution in [0.15, 0.2) is 16.8 Å². The summed E-state index contributed by atoms with van der Waals surface area (Å²) in [5.74, 6) is -1.71. The molecule has 0 aliphatic heterocycles. The fraction of sp³-hybridized carbons (Fsp3) is 0.462. The summed E-state index contributed by atoms with van der Waals surface area (Å²) in [4.78, 5) is 34.3. The molecule has 1 unspecified atom stereocenters. The van der Waals surface area contributed by atoms with E-state index in [9.17, 15) is 14.4 Å². The van der Waals surface area contributed by atoms with E-state index in [4.69, 9.17) is 5.11 Å². The Morgan fingerprint density at radius 3 is 2.60 bits per heavy atom. The highest BCUT2D eigenvalue weighted by molar-refractivity contribution is 7.08. The SMILES string of the molecule is CCC(C)(NC(=O)CCNC(=O)c1ccsc1)C(=O)O. The quantitative estimate of drug-likeness (QED) is 0.705. The largest absolute Gasteiger partial charge is 0.480 e. The molecule has 0 radical (unpaired) electrons. The molecule has 1 atom stereocenters. The maximum absolute atomic E-state index is 11.7. The molecule has 7 heteroatoms. The van der Waals surface area contributed by atoms with Gasteiger partial charge >= 0.3 is 5.97 Å². The van der Waals surface area contributed by atoms with E-state index in [-0.39, 0.29) is 25.3 Å². The van der Waals surface area contributed by atoms with Gasteiger partial charge in [-0.25, -0.2) is 4.79 Å². The minimum absolute atomic E-state index is 0.0404. The third-order valence-electron chi connectivity index (χ3n) is 3.02. The predicted molar refractivity (Wildman–Crippen MR) is 75.7 cm³/mol. The highest BCUT2D eigenvalue weighted by Gasteiger charge is 2.32. The van der Waals surface area contributed by atoms with Crippen LogP contribution < -0.4 is 10.6 Å². The molecule has 1 rings (SSSR count). The zero-order valence-electron chi connectivity index (χ0n) is 11.4. The lowest BCUT2D eigenvalue weighted by Crippen LogP contribution is -2.52. The number of carbonyl (C=O) groups is 3. The summed E-state index contributed by atoms with van der Waals surface area (Å²) >= 11 is 1.42. The van der Waals surface area contributed by atoms with E-state index >= 15 is 0 Å². The van der Waals surface area contributed by atoms with Crippen molar-refractivity contribution >= 4 is 29.1 Å². The lowest BCUT2D eigenvalue weighted by molar-refractivity contribution is -0.147. The van der Waals surface area contributed by atoms with Crippen molar-refractivity contribution < 1.29 is 19.5 Å². The minimum atomic E-state index is -1.27.